The van der Waals surface area contributed by atoms with Crippen LogP contribution in [-0.2, 0) is 16.1 Å². The van der Waals surface area contributed by atoms with E-state index in [9.17, 15) is 14.4 Å². The van der Waals surface area contributed by atoms with Crippen molar-refractivity contribution < 1.29 is 19.1 Å². The standard InChI is InChI=1S/C22H25ClN4O4/c1-13-15(23)9-6-10-17(13)27-19(28)18-11-16(20(29)31-3)25-26(18)12-22(27,2)21(30)24-14-7-4-5-8-14/h6,9-11,14H,4-5,7-8,12H2,1-3H3,(H,24,30)/t22-/m0/s1. The minimum atomic E-state index is -1.26. The van der Waals surface area contributed by atoms with Gasteiger partial charge in [-0.15, -0.1) is 0 Å². The second kappa shape index (κ2) is 8.00. The summed E-state index contributed by atoms with van der Waals surface area (Å²) in [4.78, 5) is 40.7. The van der Waals surface area contributed by atoms with Gasteiger partial charge in [-0.1, -0.05) is 30.5 Å². The maximum absolute atomic E-state index is 13.7. The molecule has 164 valence electrons. The van der Waals surface area contributed by atoms with Gasteiger partial charge < -0.3 is 10.1 Å². The first kappa shape index (κ1) is 21.4. The fraction of sp³-hybridized carbons (Fsp3) is 0.455. The van der Waals surface area contributed by atoms with Crippen molar-refractivity contribution in [2.45, 2.75) is 57.7 Å². The molecule has 1 N–H and O–H groups in total. The number of anilines is 1. The molecule has 31 heavy (non-hydrogen) atoms. The van der Waals surface area contributed by atoms with Crippen molar-refractivity contribution in [1.82, 2.24) is 15.1 Å². The molecule has 1 atom stereocenters. The Balaban J connectivity index is 1.82. The molecule has 2 aromatic rings. The number of carbonyl (C=O) groups is 3. The summed E-state index contributed by atoms with van der Waals surface area (Å²) in [6, 6.07) is 6.75. The molecule has 0 unspecified atom stereocenters. The number of carbonyl (C=O) groups excluding carboxylic acids is 3. The average molecular weight is 445 g/mol. The highest BCUT2D eigenvalue weighted by molar-refractivity contribution is 6.32. The van der Waals surface area contributed by atoms with E-state index in [-0.39, 0.29) is 29.9 Å². The Hall–Kier alpha value is -2.87. The van der Waals surface area contributed by atoms with Crippen molar-refractivity contribution in [2.75, 3.05) is 12.0 Å². The number of esters is 1. The fourth-order valence-corrected chi connectivity index (χ4v) is 4.58. The SMILES string of the molecule is COC(=O)c1cc2n(n1)C[C@@](C)(C(=O)NC1CCCC1)N(c1cccc(Cl)c1C)C2=O. The van der Waals surface area contributed by atoms with E-state index in [0.29, 0.717) is 16.3 Å². The van der Waals surface area contributed by atoms with Crippen LogP contribution in [0, 0.1) is 6.92 Å². The van der Waals surface area contributed by atoms with Crippen molar-refractivity contribution in [1.29, 1.82) is 0 Å². The lowest BCUT2D eigenvalue weighted by atomic mass is 9.92. The number of methoxy groups -OCH3 is 1. The largest absolute Gasteiger partial charge is 0.464 e. The Kier molecular flexibility index (Phi) is 5.51. The number of halogens is 1. The van der Waals surface area contributed by atoms with Gasteiger partial charge in [-0.3, -0.25) is 19.2 Å². The minimum Gasteiger partial charge on any atom is -0.464 e. The summed E-state index contributed by atoms with van der Waals surface area (Å²) in [6.07, 6.45) is 3.99. The molecule has 1 aromatic heterocycles. The van der Waals surface area contributed by atoms with Gasteiger partial charge in [0.25, 0.3) is 5.91 Å². The molecule has 1 fully saturated rings. The first-order chi connectivity index (χ1) is 14.8. The molecular weight excluding hydrogens is 420 g/mol. The Bertz CT molecular complexity index is 1060. The lowest BCUT2D eigenvalue weighted by Gasteiger charge is -2.44. The normalized spacial score (nSPS) is 21.2. The first-order valence-corrected chi connectivity index (χ1v) is 10.7. The average Bonchev–Trinajstić information content (AvgIpc) is 3.40. The van der Waals surface area contributed by atoms with Gasteiger partial charge in [-0.25, -0.2) is 4.79 Å². The van der Waals surface area contributed by atoms with Crippen molar-refractivity contribution in [2.24, 2.45) is 0 Å². The molecule has 0 spiro atoms. The number of aromatic nitrogens is 2. The molecule has 2 heterocycles. The van der Waals surface area contributed by atoms with Crippen LogP contribution in [0.3, 0.4) is 0 Å². The van der Waals surface area contributed by atoms with E-state index in [1.54, 1.807) is 25.1 Å². The molecule has 0 radical (unpaired) electrons. The number of hydrogen-bond donors (Lipinski definition) is 1. The van der Waals surface area contributed by atoms with Crippen LogP contribution in [0.4, 0.5) is 5.69 Å². The van der Waals surface area contributed by atoms with Gasteiger partial charge in [0.2, 0.25) is 5.91 Å². The summed E-state index contributed by atoms with van der Waals surface area (Å²) in [6.45, 7) is 3.62. The molecular formula is C22H25ClN4O4. The van der Waals surface area contributed by atoms with Gasteiger partial charge in [-0.2, -0.15) is 5.10 Å². The van der Waals surface area contributed by atoms with Gasteiger partial charge in [0.1, 0.15) is 11.2 Å². The molecule has 0 bridgehead atoms. The predicted molar refractivity (Wildman–Crippen MR) is 115 cm³/mol. The van der Waals surface area contributed by atoms with Gasteiger partial charge in [0, 0.05) is 22.8 Å². The Morgan fingerprint density at radius 2 is 2.00 bits per heavy atom. The molecule has 2 amide bonds. The van der Waals surface area contributed by atoms with E-state index < -0.39 is 17.4 Å². The van der Waals surface area contributed by atoms with Crippen molar-refractivity contribution in [3.05, 3.63) is 46.2 Å². The topological polar surface area (TPSA) is 93.5 Å². The summed E-state index contributed by atoms with van der Waals surface area (Å²) in [5.41, 5.74) is 0.217. The zero-order valence-electron chi connectivity index (χ0n) is 17.8. The third-order valence-corrected chi connectivity index (χ3v) is 6.62. The maximum atomic E-state index is 13.7. The Morgan fingerprint density at radius 3 is 2.68 bits per heavy atom. The van der Waals surface area contributed by atoms with Crippen LogP contribution >= 0.6 is 11.6 Å². The van der Waals surface area contributed by atoms with Crippen molar-refractivity contribution in [3.63, 3.8) is 0 Å². The molecule has 1 aliphatic carbocycles. The molecule has 1 saturated carbocycles. The van der Waals surface area contributed by atoms with E-state index in [1.807, 2.05) is 6.92 Å². The third kappa shape index (κ3) is 3.59. The summed E-state index contributed by atoms with van der Waals surface area (Å²) in [7, 11) is 1.25. The van der Waals surface area contributed by atoms with Crippen LogP contribution in [0.5, 0.6) is 0 Å². The lowest BCUT2D eigenvalue weighted by molar-refractivity contribution is -0.127. The highest BCUT2D eigenvalue weighted by Gasteiger charge is 2.50. The number of nitrogens with zero attached hydrogens (tertiary/aromatic N) is 3. The highest BCUT2D eigenvalue weighted by atomic mass is 35.5. The van der Waals surface area contributed by atoms with Gasteiger partial charge in [0.15, 0.2) is 5.69 Å². The van der Waals surface area contributed by atoms with E-state index in [0.717, 1.165) is 25.7 Å². The molecule has 8 nitrogen and oxygen atoms in total. The quantitative estimate of drug-likeness (QED) is 0.731. The van der Waals surface area contributed by atoms with Crippen molar-refractivity contribution in [3.8, 4) is 0 Å². The zero-order chi connectivity index (χ0) is 22.3. The smallest absolute Gasteiger partial charge is 0.358 e. The first-order valence-electron chi connectivity index (χ1n) is 10.3. The molecule has 9 heteroatoms. The van der Waals surface area contributed by atoms with E-state index in [4.69, 9.17) is 16.3 Å². The number of rotatable bonds is 4. The predicted octanol–water partition coefficient (Wildman–Crippen LogP) is 3.11. The number of hydrogen-bond acceptors (Lipinski definition) is 5. The van der Waals surface area contributed by atoms with E-state index >= 15 is 0 Å². The summed E-state index contributed by atoms with van der Waals surface area (Å²) in [5.74, 6) is -1.33. The number of benzene rings is 1. The number of fused-ring (bicyclic) bond motifs is 1. The Labute approximate surface area is 185 Å². The lowest BCUT2D eigenvalue weighted by Crippen LogP contribution is -2.65. The number of nitrogens with one attached hydrogen (secondary N) is 1. The van der Waals surface area contributed by atoms with E-state index in [2.05, 4.69) is 10.4 Å². The second-order valence-corrected chi connectivity index (χ2v) is 8.72. The van der Waals surface area contributed by atoms with Gasteiger partial charge in [0.05, 0.1) is 13.7 Å². The van der Waals surface area contributed by atoms with Crippen molar-refractivity contribution >= 4 is 35.1 Å². The molecule has 2 aliphatic rings. The molecule has 1 aromatic carbocycles. The zero-order valence-corrected chi connectivity index (χ0v) is 18.5. The number of amides is 2. The van der Waals surface area contributed by atoms with Crippen LogP contribution in [0.2, 0.25) is 5.02 Å². The van der Waals surface area contributed by atoms with Crippen LogP contribution in [0.1, 0.15) is 59.1 Å². The van der Waals surface area contributed by atoms with Crippen LogP contribution in [-0.4, -0.2) is 46.3 Å². The van der Waals surface area contributed by atoms with Crippen LogP contribution in [0.25, 0.3) is 0 Å². The summed E-state index contributed by atoms with van der Waals surface area (Å²) in [5, 5.41) is 7.85. The maximum Gasteiger partial charge on any atom is 0.358 e. The minimum absolute atomic E-state index is 0.0223. The number of ether oxygens (including phenoxy) is 1. The van der Waals surface area contributed by atoms with E-state index in [1.165, 1.54) is 22.8 Å². The third-order valence-electron chi connectivity index (χ3n) is 6.21. The van der Waals surface area contributed by atoms with Gasteiger partial charge >= 0.3 is 5.97 Å². The highest BCUT2D eigenvalue weighted by Crippen LogP contribution is 2.37. The molecule has 1 aliphatic heterocycles. The van der Waals surface area contributed by atoms with Crippen LogP contribution in [0.15, 0.2) is 24.3 Å². The molecule has 0 saturated heterocycles. The fourth-order valence-electron chi connectivity index (χ4n) is 4.41. The molecule has 4 rings (SSSR count). The van der Waals surface area contributed by atoms with Gasteiger partial charge in [-0.05, 0) is 44.4 Å². The van der Waals surface area contributed by atoms with Crippen LogP contribution < -0.4 is 10.2 Å². The Morgan fingerprint density at radius 1 is 1.29 bits per heavy atom. The second-order valence-electron chi connectivity index (χ2n) is 8.32. The summed E-state index contributed by atoms with van der Waals surface area (Å²) < 4.78 is 6.16. The summed E-state index contributed by atoms with van der Waals surface area (Å²) >= 11 is 6.34. The monoisotopic (exact) mass is 444 g/mol.